The number of nitrogens with zero attached hydrogens (tertiary/aromatic N) is 1. The number of likely N-dealkylation sites (tertiary alicyclic amines) is 1. The Labute approximate surface area is 117 Å². The predicted molar refractivity (Wildman–Crippen MR) is 73.2 cm³/mol. The highest BCUT2D eigenvalue weighted by Crippen LogP contribution is 2.35. The molecule has 2 atom stereocenters. The largest absolute Gasteiger partial charge is 0.391 e. The van der Waals surface area contributed by atoms with Crippen LogP contribution in [0.25, 0.3) is 0 Å². The van der Waals surface area contributed by atoms with E-state index in [0.717, 1.165) is 5.56 Å². The number of alkyl halides is 3. The molecular formula is C15H21F3N2. The van der Waals surface area contributed by atoms with Crippen molar-refractivity contribution in [3.05, 3.63) is 35.9 Å². The molecule has 1 heterocycles. The van der Waals surface area contributed by atoms with E-state index in [1.54, 1.807) is 0 Å². The van der Waals surface area contributed by atoms with Gasteiger partial charge < -0.3 is 5.73 Å². The van der Waals surface area contributed by atoms with E-state index in [0.29, 0.717) is 13.1 Å². The van der Waals surface area contributed by atoms with Gasteiger partial charge in [-0.1, -0.05) is 30.3 Å². The van der Waals surface area contributed by atoms with Gasteiger partial charge in [0.05, 0.1) is 5.92 Å². The number of halogens is 3. The number of hydrogen-bond acceptors (Lipinski definition) is 2. The normalized spacial score (nSPS) is 21.6. The van der Waals surface area contributed by atoms with Crippen molar-refractivity contribution in [2.24, 2.45) is 11.7 Å². The lowest BCUT2D eigenvalue weighted by Gasteiger charge is -2.39. The Morgan fingerprint density at radius 2 is 1.70 bits per heavy atom. The van der Waals surface area contributed by atoms with Gasteiger partial charge in [-0.2, -0.15) is 13.2 Å². The molecule has 0 bridgehead atoms. The van der Waals surface area contributed by atoms with Gasteiger partial charge in [0.25, 0.3) is 0 Å². The van der Waals surface area contributed by atoms with E-state index in [1.165, 1.54) is 0 Å². The van der Waals surface area contributed by atoms with Crippen molar-refractivity contribution in [1.82, 2.24) is 4.90 Å². The molecule has 0 amide bonds. The van der Waals surface area contributed by atoms with Crippen molar-refractivity contribution >= 4 is 0 Å². The molecule has 1 aliphatic rings. The first-order valence-corrected chi connectivity index (χ1v) is 7.01. The molecule has 2 rings (SSSR count). The molecule has 5 heteroatoms. The number of piperidine rings is 1. The van der Waals surface area contributed by atoms with Crippen LogP contribution in [0.15, 0.2) is 30.3 Å². The van der Waals surface area contributed by atoms with Crippen LogP contribution in [0.3, 0.4) is 0 Å². The van der Waals surface area contributed by atoms with E-state index in [1.807, 2.05) is 37.3 Å². The number of nitrogens with two attached hydrogens (primary N) is 1. The van der Waals surface area contributed by atoms with Gasteiger partial charge in [-0.3, -0.25) is 4.90 Å². The lowest BCUT2D eigenvalue weighted by Crippen LogP contribution is -2.47. The number of hydrogen-bond donors (Lipinski definition) is 1. The molecule has 1 fully saturated rings. The van der Waals surface area contributed by atoms with Gasteiger partial charge in [0.15, 0.2) is 0 Å². The maximum atomic E-state index is 12.6. The zero-order valence-electron chi connectivity index (χ0n) is 11.6. The molecule has 2 unspecified atom stereocenters. The minimum Gasteiger partial charge on any atom is -0.323 e. The van der Waals surface area contributed by atoms with Gasteiger partial charge in [0.2, 0.25) is 0 Å². The van der Waals surface area contributed by atoms with Gasteiger partial charge >= 0.3 is 6.18 Å². The first kappa shape index (κ1) is 15.3. The van der Waals surface area contributed by atoms with Crippen LogP contribution in [0, 0.1) is 5.92 Å². The van der Waals surface area contributed by atoms with Gasteiger partial charge in [0, 0.05) is 12.1 Å². The van der Waals surface area contributed by atoms with E-state index in [2.05, 4.69) is 4.90 Å². The highest BCUT2D eigenvalue weighted by atomic mass is 19.4. The standard InChI is InChI=1S/C15H21F3N2/c1-11(14(19)12-5-3-2-4-6-12)20-9-7-13(8-10-20)15(16,17)18/h2-6,11,13-14H,7-10,19H2,1H3. The first-order chi connectivity index (χ1) is 9.39. The van der Waals surface area contributed by atoms with Crippen LogP contribution in [0.2, 0.25) is 0 Å². The van der Waals surface area contributed by atoms with Crippen molar-refractivity contribution in [3.63, 3.8) is 0 Å². The Bertz CT molecular complexity index is 411. The minimum atomic E-state index is -4.06. The fourth-order valence-corrected chi connectivity index (χ4v) is 2.81. The van der Waals surface area contributed by atoms with E-state index in [-0.39, 0.29) is 24.9 Å². The van der Waals surface area contributed by atoms with Gasteiger partial charge in [-0.15, -0.1) is 0 Å². The van der Waals surface area contributed by atoms with Gasteiger partial charge in [0.1, 0.15) is 0 Å². The molecule has 1 aliphatic heterocycles. The van der Waals surface area contributed by atoms with E-state index in [9.17, 15) is 13.2 Å². The van der Waals surface area contributed by atoms with Crippen LogP contribution >= 0.6 is 0 Å². The molecule has 1 saturated heterocycles. The molecule has 2 N–H and O–H groups in total. The molecule has 112 valence electrons. The van der Waals surface area contributed by atoms with Gasteiger partial charge in [-0.05, 0) is 38.4 Å². The molecule has 2 nitrogen and oxygen atoms in total. The lowest BCUT2D eigenvalue weighted by atomic mass is 9.93. The summed E-state index contributed by atoms with van der Waals surface area (Å²) in [6.07, 6.45) is -3.71. The summed E-state index contributed by atoms with van der Waals surface area (Å²) in [6, 6.07) is 9.59. The summed E-state index contributed by atoms with van der Waals surface area (Å²) < 4.78 is 37.9. The monoisotopic (exact) mass is 286 g/mol. The zero-order chi connectivity index (χ0) is 14.8. The van der Waals surface area contributed by atoms with E-state index in [4.69, 9.17) is 5.73 Å². The quantitative estimate of drug-likeness (QED) is 0.923. The van der Waals surface area contributed by atoms with Crippen LogP contribution in [0.4, 0.5) is 13.2 Å². The fourth-order valence-electron chi connectivity index (χ4n) is 2.81. The van der Waals surface area contributed by atoms with Crippen LogP contribution in [0.5, 0.6) is 0 Å². The predicted octanol–water partition coefficient (Wildman–Crippen LogP) is 3.35. The van der Waals surface area contributed by atoms with Crippen LogP contribution < -0.4 is 5.73 Å². The van der Waals surface area contributed by atoms with Crippen molar-refractivity contribution in [3.8, 4) is 0 Å². The summed E-state index contributed by atoms with van der Waals surface area (Å²) in [7, 11) is 0. The summed E-state index contributed by atoms with van der Waals surface area (Å²) >= 11 is 0. The van der Waals surface area contributed by atoms with E-state index >= 15 is 0 Å². The molecular weight excluding hydrogens is 265 g/mol. The Balaban J connectivity index is 1.93. The molecule has 0 aromatic heterocycles. The van der Waals surface area contributed by atoms with E-state index < -0.39 is 12.1 Å². The topological polar surface area (TPSA) is 29.3 Å². The lowest BCUT2D eigenvalue weighted by molar-refractivity contribution is -0.186. The Hall–Kier alpha value is -1.07. The summed E-state index contributed by atoms with van der Waals surface area (Å²) in [5.41, 5.74) is 7.25. The summed E-state index contributed by atoms with van der Waals surface area (Å²) in [6.45, 7) is 2.92. The smallest absolute Gasteiger partial charge is 0.323 e. The average Bonchev–Trinajstić information content (AvgIpc) is 2.46. The third-order valence-electron chi connectivity index (χ3n) is 4.27. The Kier molecular flexibility index (Phi) is 4.70. The maximum absolute atomic E-state index is 12.6. The van der Waals surface area contributed by atoms with Crippen molar-refractivity contribution < 1.29 is 13.2 Å². The van der Waals surface area contributed by atoms with Crippen LogP contribution in [-0.4, -0.2) is 30.2 Å². The molecule has 0 aliphatic carbocycles. The fraction of sp³-hybridized carbons (Fsp3) is 0.600. The molecule has 0 saturated carbocycles. The van der Waals surface area contributed by atoms with Crippen molar-refractivity contribution in [2.75, 3.05) is 13.1 Å². The first-order valence-electron chi connectivity index (χ1n) is 7.01. The molecule has 0 spiro atoms. The molecule has 20 heavy (non-hydrogen) atoms. The third kappa shape index (κ3) is 3.52. The zero-order valence-corrected chi connectivity index (χ0v) is 11.6. The average molecular weight is 286 g/mol. The Morgan fingerprint density at radius 1 is 1.15 bits per heavy atom. The summed E-state index contributed by atoms with van der Waals surface area (Å²) in [5.74, 6) is -1.15. The van der Waals surface area contributed by atoms with Crippen LogP contribution in [-0.2, 0) is 0 Å². The van der Waals surface area contributed by atoms with Crippen molar-refractivity contribution in [2.45, 2.75) is 38.0 Å². The molecule has 1 aromatic rings. The second-order valence-corrected chi connectivity index (χ2v) is 5.53. The molecule has 0 radical (unpaired) electrons. The third-order valence-corrected chi connectivity index (χ3v) is 4.27. The minimum absolute atomic E-state index is 0.0478. The van der Waals surface area contributed by atoms with Crippen molar-refractivity contribution in [1.29, 1.82) is 0 Å². The SMILES string of the molecule is CC(C(N)c1ccccc1)N1CCC(C(F)(F)F)CC1. The summed E-state index contributed by atoms with van der Waals surface area (Å²) in [5, 5.41) is 0. The molecule has 1 aromatic carbocycles. The maximum Gasteiger partial charge on any atom is 0.391 e. The van der Waals surface area contributed by atoms with Crippen LogP contribution in [0.1, 0.15) is 31.4 Å². The summed E-state index contributed by atoms with van der Waals surface area (Å²) in [4.78, 5) is 2.07. The Morgan fingerprint density at radius 3 is 2.20 bits per heavy atom. The second-order valence-electron chi connectivity index (χ2n) is 5.53. The highest BCUT2D eigenvalue weighted by molar-refractivity contribution is 5.20. The number of rotatable bonds is 3. The van der Waals surface area contributed by atoms with Gasteiger partial charge in [-0.25, -0.2) is 0 Å². The number of benzene rings is 1. The second kappa shape index (κ2) is 6.14. The highest BCUT2D eigenvalue weighted by Gasteiger charge is 2.41.